The second kappa shape index (κ2) is 4.91. The van der Waals surface area contributed by atoms with Gasteiger partial charge in [0.15, 0.2) is 17.4 Å². The first-order chi connectivity index (χ1) is 7.77. The van der Waals surface area contributed by atoms with Gasteiger partial charge in [0.1, 0.15) is 0 Å². The zero-order chi connectivity index (χ0) is 13.3. The van der Waals surface area contributed by atoms with Crippen LogP contribution in [0.25, 0.3) is 0 Å². The van der Waals surface area contributed by atoms with E-state index >= 15 is 0 Å². The number of aromatic hydroxyl groups is 1. The minimum atomic E-state index is -1.82. The predicted molar refractivity (Wildman–Crippen MR) is 54.3 cm³/mol. The van der Waals surface area contributed by atoms with Crippen LogP contribution in [-0.4, -0.2) is 5.11 Å². The Hall–Kier alpha value is -1.30. The van der Waals surface area contributed by atoms with Gasteiger partial charge in [-0.25, -0.2) is 8.78 Å². The summed E-state index contributed by atoms with van der Waals surface area (Å²) in [7, 11) is 0. The third kappa shape index (κ3) is 2.52. The molecule has 1 atom stereocenters. The smallest absolute Gasteiger partial charge is 0.204 e. The summed E-state index contributed by atoms with van der Waals surface area (Å²) in [4.78, 5) is 0. The summed E-state index contributed by atoms with van der Waals surface area (Å²) in [6.07, 6.45) is 0.164. The Labute approximate surface area is 96.1 Å². The molecule has 0 radical (unpaired) electrons. The van der Waals surface area contributed by atoms with Gasteiger partial charge in [-0.1, -0.05) is 13.8 Å². The van der Waals surface area contributed by atoms with Crippen LogP contribution in [0.15, 0.2) is 0 Å². The molecule has 17 heavy (non-hydrogen) atoms. The first kappa shape index (κ1) is 13.8. The Kier molecular flexibility index (Phi) is 3.98. The molecule has 0 saturated carbocycles. The van der Waals surface area contributed by atoms with E-state index in [4.69, 9.17) is 10.8 Å². The van der Waals surface area contributed by atoms with Gasteiger partial charge in [0.2, 0.25) is 11.6 Å². The lowest BCUT2D eigenvalue weighted by atomic mass is 9.96. The van der Waals surface area contributed by atoms with Crippen LogP contribution >= 0.6 is 0 Å². The highest BCUT2D eigenvalue weighted by Gasteiger charge is 2.28. The molecule has 0 heterocycles. The maximum atomic E-state index is 13.4. The second-order valence-corrected chi connectivity index (χ2v) is 4.25. The monoisotopic (exact) mass is 251 g/mol. The summed E-state index contributed by atoms with van der Waals surface area (Å²) in [5.41, 5.74) is 4.62. The van der Waals surface area contributed by atoms with Crippen molar-refractivity contribution in [3.05, 3.63) is 28.8 Å². The van der Waals surface area contributed by atoms with Gasteiger partial charge in [0.05, 0.1) is 0 Å². The van der Waals surface area contributed by atoms with Crippen LogP contribution in [0, 0.1) is 29.2 Å². The average molecular weight is 251 g/mol. The number of phenols is 1. The van der Waals surface area contributed by atoms with Crippen LogP contribution in [0.5, 0.6) is 5.75 Å². The van der Waals surface area contributed by atoms with Crippen molar-refractivity contribution in [2.45, 2.75) is 26.3 Å². The summed E-state index contributed by atoms with van der Waals surface area (Å²) in [6, 6.07) is -1.17. The summed E-state index contributed by atoms with van der Waals surface area (Å²) in [5.74, 6) is -8.59. The maximum Gasteiger partial charge on any atom is 0.204 e. The van der Waals surface area contributed by atoms with Crippen LogP contribution in [0.3, 0.4) is 0 Å². The van der Waals surface area contributed by atoms with E-state index in [2.05, 4.69) is 0 Å². The number of benzene rings is 1. The molecular formula is C11H13F4NO. The second-order valence-electron chi connectivity index (χ2n) is 4.25. The standard InChI is InChI=1S/C11H13F4NO/c1-4(2)3-5(16)6-7(12)9(14)11(17)10(15)8(6)13/h4-5,17H,3,16H2,1-2H3. The van der Waals surface area contributed by atoms with Crippen LogP contribution in [0.4, 0.5) is 17.6 Å². The SMILES string of the molecule is CC(C)CC(N)c1c(F)c(F)c(O)c(F)c1F. The molecule has 0 aliphatic heterocycles. The molecule has 6 heteroatoms. The quantitative estimate of drug-likeness (QED) is 0.640. The van der Waals surface area contributed by atoms with Crippen LogP contribution < -0.4 is 5.73 Å². The van der Waals surface area contributed by atoms with Crippen molar-refractivity contribution in [1.82, 2.24) is 0 Å². The molecule has 1 aromatic rings. The van der Waals surface area contributed by atoms with Gasteiger partial charge in [-0.2, -0.15) is 8.78 Å². The number of halogens is 4. The minimum absolute atomic E-state index is 0.00345. The fraction of sp³-hybridized carbons (Fsp3) is 0.455. The predicted octanol–water partition coefficient (Wildman–Crippen LogP) is 2.99. The van der Waals surface area contributed by atoms with E-state index in [0.29, 0.717) is 0 Å². The van der Waals surface area contributed by atoms with E-state index < -0.39 is 40.6 Å². The zero-order valence-corrected chi connectivity index (χ0v) is 9.40. The lowest BCUT2D eigenvalue weighted by molar-refractivity contribution is 0.343. The van der Waals surface area contributed by atoms with Gasteiger partial charge in [-0.15, -0.1) is 0 Å². The van der Waals surface area contributed by atoms with Gasteiger partial charge in [-0.05, 0) is 12.3 Å². The minimum Gasteiger partial charge on any atom is -0.503 e. The van der Waals surface area contributed by atoms with Gasteiger partial charge >= 0.3 is 0 Å². The Bertz CT molecular complexity index is 405. The molecule has 0 spiro atoms. The molecule has 1 aromatic carbocycles. The molecule has 0 bridgehead atoms. The number of nitrogens with two attached hydrogens (primary N) is 1. The lowest BCUT2D eigenvalue weighted by Gasteiger charge is -2.17. The summed E-state index contributed by atoms with van der Waals surface area (Å²) < 4.78 is 52.9. The van der Waals surface area contributed by atoms with Crippen molar-refractivity contribution in [2.24, 2.45) is 11.7 Å². The Morgan fingerprint density at radius 2 is 1.41 bits per heavy atom. The van der Waals surface area contributed by atoms with Crippen molar-refractivity contribution < 1.29 is 22.7 Å². The van der Waals surface area contributed by atoms with Crippen molar-refractivity contribution in [3.8, 4) is 5.75 Å². The van der Waals surface area contributed by atoms with Crippen molar-refractivity contribution in [1.29, 1.82) is 0 Å². The molecule has 0 fully saturated rings. The summed E-state index contributed by atoms with van der Waals surface area (Å²) in [5, 5.41) is 8.79. The summed E-state index contributed by atoms with van der Waals surface area (Å²) >= 11 is 0. The van der Waals surface area contributed by atoms with Crippen molar-refractivity contribution in [3.63, 3.8) is 0 Å². The molecule has 0 saturated heterocycles. The van der Waals surface area contributed by atoms with Crippen LogP contribution in [0.2, 0.25) is 0 Å². The normalized spacial score (nSPS) is 13.2. The fourth-order valence-corrected chi connectivity index (χ4v) is 1.59. The maximum absolute atomic E-state index is 13.4. The topological polar surface area (TPSA) is 46.2 Å². The van der Waals surface area contributed by atoms with Crippen molar-refractivity contribution in [2.75, 3.05) is 0 Å². The Balaban J connectivity index is 3.33. The largest absolute Gasteiger partial charge is 0.503 e. The fourth-order valence-electron chi connectivity index (χ4n) is 1.59. The van der Waals surface area contributed by atoms with Gasteiger partial charge in [0.25, 0.3) is 0 Å². The number of hydrogen-bond donors (Lipinski definition) is 2. The average Bonchev–Trinajstić information content (AvgIpc) is 2.23. The first-order valence-corrected chi connectivity index (χ1v) is 5.07. The van der Waals surface area contributed by atoms with Crippen molar-refractivity contribution >= 4 is 0 Å². The third-order valence-corrected chi connectivity index (χ3v) is 2.37. The number of rotatable bonds is 3. The van der Waals surface area contributed by atoms with E-state index in [9.17, 15) is 17.6 Å². The van der Waals surface area contributed by atoms with E-state index in [1.165, 1.54) is 0 Å². The highest BCUT2D eigenvalue weighted by molar-refractivity contribution is 5.35. The van der Waals surface area contributed by atoms with Crippen LogP contribution in [0.1, 0.15) is 31.9 Å². The van der Waals surface area contributed by atoms with E-state index in [1.807, 2.05) is 0 Å². The molecule has 3 N–H and O–H groups in total. The third-order valence-electron chi connectivity index (χ3n) is 2.37. The van der Waals surface area contributed by atoms with E-state index in [1.54, 1.807) is 13.8 Å². The molecule has 96 valence electrons. The Morgan fingerprint density at radius 1 is 1.00 bits per heavy atom. The van der Waals surface area contributed by atoms with Crippen LogP contribution in [-0.2, 0) is 0 Å². The lowest BCUT2D eigenvalue weighted by Crippen LogP contribution is -2.18. The van der Waals surface area contributed by atoms with E-state index in [-0.39, 0.29) is 12.3 Å². The first-order valence-electron chi connectivity index (χ1n) is 5.07. The number of hydrogen-bond acceptors (Lipinski definition) is 2. The molecule has 1 rings (SSSR count). The van der Waals surface area contributed by atoms with Gasteiger partial charge in [0, 0.05) is 11.6 Å². The molecule has 0 aromatic heterocycles. The van der Waals surface area contributed by atoms with Gasteiger partial charge < -0.3 is 10.8 Å². The molecular weight excluding hydrogens is 238 g/mol. The molecule has 2 nitrogen and oxygen atoms in total. The highest BCUT2D eigenvalue weighted by atomic mass is 19.2. The van der Waals surface area contributed by atoms with Gasteiger partial charge in [-0.3, -0.25) is 0 Å². The zero-order valence-electron chi connectivity index (χ0n) is 9.40. The molecule has 0 aliphatic rings. The molecule has 0 amide bonds. The molecule has 1 unspecified atom stereocenters. The molecule has 0 aliphatic carbocycles. The summed E-state index contributed by atoms with van der Waals surface area (Å²) in [6.45, 7) is 3.51. The highest BCUT2D eigenvalue weighted by Crippen LogP contribution is 2.33. The van der Waals surface area contributed by atoms with E-state index in [0.717, 1.165) is 0 Å². The Morgan fingerprint density at radius 3 is 1.76 bits per heavy atom. The number of phenolic OH excluding ortho intramolecular Hbond substituents is 1.